The highest BCUT2D eigenvalue weighted by atomic mass is 79.9. The van der Waals surface area contributed by atoms with Crippen LogP contribution in [0.2, 0.25) is 0 Å². The van der Waals surface area contributed by atoms with Crippen LogP contribution in [0.5, 0.6) is 0 Å². The lowest BCUT2D eigenvalue weighted by Crippen LogP contribution is -2.34. The molecule has 1 aromatic rings. The van der Waals surface area contributed by atoms with Gasteiger partial charge in [0.25, 0.3) is 0 Å². The molecule has 1 fully saturated rings. The first kappa shape index (κ1) is 14.6. The van der Waals surface area contributed by atoms with Crippen molar-refractivity contribution < 1.29 is 17.9 Å². The Hall–Kier alpha value is -0.790. The Morgan fingerprint density at radius 2 is 2.11 bits per heavy atom. The predicted molar refractivity (Wildman–Crippen MR) is 70.2 cm³/mol. The Balaban J connectivity index is 2.25. The zero-order valence-corrected chi connectivity index (χ0v) is 11.8. The third-order valence-electron chi connectivity index (χ3n) is 3.09. The average Bonchev–Trinajstić information content (AvgIpc) is 2.77. The van der Waals surface area contributed by atoms with Crippen LogP contribution >= 0.6 is 15.9 Å². The van der Waals surface area contributed by atoms with Crippen molar-refractivity contribution in [2.24, 2.45) is 0 Å². The van der Waals surface area contributed by atoms with Gasteiger partial charge in [-0.05, 0) is 18.2 Å². The minimum Gasteiger partial charge on any atom is -0.378 e. The second kappa shape index (κ2) is 5.68. The van der Waals surface area contributed by atoms with E-state index in [1.807, 2.05) is 0 Å². The molecule has 1 aliphatic rings. The van der Waals surface area contributed by atoms with Crippen LogP contribution in [-0.4, -0.2) is 32.3 Å². The van der Waals surface area contributed by atoms with Crippen LogP contribution in [0.1, 0.15) is 5.56 Å². The van der Waals surface area contributed by atoms with Gasteiger partial charge in [-0.2, -0.15) is 13.2 Å². The minimum absolute atomic E-state index is 0.0754. The molecule has 2 N–H and O–H groups in total. The number of benzene rings is 1. The van der Waals surface area contributed by atoms with Crippen molar-refractivity contribution in [3.63, 3.8) is 0 Å². The topological polar surface area (TPSA) is 33.3 Å². The van der Waals surface area contributed by atoms with Gasteiger partial charge in [0.15, 0.2) is 0 Å². The van der Waals surface area contributed by atoms with E-state index in [9.17, 15) is 13.2 Å². The van der Waals surface area contributed by atoms with Crippen molar-refractivity contribution in [3.05, 3.63) is 28.2 Å². The molecule has 0 aliphatic carbocycles. The molecule has 19 heavy (non-hydrogen) atoms. The first-order valence-electron chi connectivity index (χ1n) is 5.78. The smallest absolute Gasteiger partial charge is 0.378 e. The van der Waals surface area contributed by atoms with E-state index in [1.54, 1.807) is 13.2 Å². The molecule has 0 radical (unpaired) electrons. The highest BCUT2D eigenvalue weighted by molar-refractivity contribution is 9.10. The van der Waals surface area contributed by atoms with E-state index < -0.39 is 11.7 Å². The van der Waals surface area contributed by atoms with Crippen LogP contribution in [0.15, 0.2) is 22.7 Å². The highest BCUT2D eigenvalue weighted by Gasteiger charge is 2.35. The molecule has 1 aromatic carbocycles. The van der Waals surface area contributed by atoms with Crippen molar-refractivity contribution in [1.82, 2.24) is 5.32 Å². The molecule has 0 saturated carbocycles. The number of rotatable bonds is 3. The molecular formula is C12H14BrF3N2O. The Kier molecular flexibility index (Phi) is 4.37. The average molecular weight is 339 g/mol. The summed E-state index contributed by atoms with van der Waals surface area (Å²) in [4.78, 5) is 0. The van der Waals surface area contributed by atoms with Crippen molar-refractivity contribution in [1.29, 1.82) is 0 Å². The maximum atomic E-state index is 13.0. The SMILES string of the molecule is CO[C@H]1CNCC1Nc1ccc(Br)cc1C(F)(F)F. The van der Waals surface area contributed by atoms with Gasteiger partial charge in [-0.25, -0.2) is 0 Å². The fraction of sp³-hybridized carbons (Fsp3) is 0.500. The van der Waals surface area contributed by atoms with Gasteiger partial charge >= 0.3 is 6.18 Å². The number of alkyl halides is 3. The van der Waals surface area contributed by atoms with E-state index >= 15 is 0 Å². The number of hydrogen-bond donors (Lipinski definition) is 2. The van der Waals surface area contributed by atoms with Crippen LogP contribution in [0, 0.1) is 0 Å². The maximum Gasteiger partial charge on any atom is 0.418 e. The summed E-state index contributed by atoms with van der Waals surface area (Å²) in [6, 6.07) is 3.92. The van der Waals surface area contributed by atoms with Gasteiger partial charge in [-0.3, -0.25) is 0 Å². The van der Waals surface area contributed by atoms with Crippen LogP contribution in [-0.2, 0) is 10.9 Å². The van der Waals surface area contributed by atoms with Gasteiger partial charge in [0, 0.05) is 30.4 Å². The van der Waals surface area contributed by atoms with Gasteiger partial charge < -0.3 is 15.4 Å². The third-order valence-corrected chi connectivity index (χ3v) is 3.58. The van der Waals surface area contributed by atoms with Crippen LogP contribution in [0.25, 0.3) is 0 Å². The molecule has 0 aromatic heterocycles. The molecule has 0 amide bonds. The van der Waals surface area contributed by atoms with Crippen LogP contribution in [0.4, 0.5) is 18.9 Å². The molecule has 2 atom stereocenters. The monoisotopic (exact) mass is 338 g/mol. The second-order valence-electron chi connectivity index (χ2n) is 4.37. The lowest BCUT2D eigenvalue weighted by molar-refractivity contribution is -0.137. The standard InChI is InChI=1S/C12H14BrF3N2O/c1-19-11-6-17-5-10(11)18-9-3-2-7(13)4-8(9)12(14,15)16/h2-4,10-11,17-18H,5-6H2,1H3/t10?,11-/m0/s1. The first-order valence-corrected chi connectivity index (χ1v) is 6.58. The van der Waals surface area contributed by atoms with Crippen molar-refractivity contribution in [2.45, 2.75) is 18.3 Å². The zero-order chi connectivity index (χ0) is 14.0. The summed E-state index contributed by atoms with van der Waals surface area (Å²) in [5, 5.41) is 6.00. The van der Waals surface area contributed by atoms with Crippen molar-refractivity contribution in [2.75, 3.05) is 25.5 Å². The second-order valence-corrected chi connectivity index (χ2v) is 5.29. The lowest BCUT2D eigenvalue weighted by Gasteiger charge is -2.22. The van der Waals surface area contributed by atoms with Crippen molar-refractivity contribution in [3.8, 4) is 0 Å². The van der Waals surface area contributed by atoms with E-state index in [0.717, 1.165) is 6.07 Å². The van der Waals surface area contributed by atoms with E-state index in [-0.39, 0.29) is 17.8 Å². The Bertz CT molecular complexity index is 453. The molecule has 3 nitrogen and oxygen atoms in total. The highest BCUT2D eigenvalue weighted by Crippen LogP contribution is 2.37. The fourth-order valence-electron chi connectivity index (χ4n) is 2.12. The lowest BCUT2D eigenvalue weighted by atomic mass is 10.1. The Morgan fingerprint density at radius 3 is 2.74 bits per heavy atom. The molecular weight excluding hydrogens is 325 g/mol. The summed E-state index contributed by atoms with van der Waals surface area (Å²) in [5.41, 5.74) is -0.602. The van der Waals surface area contributed by atoms with E-state index in [1.165, 1.54) is 6.07 Å². The summed E-state index contributed by atoms with van der Waals surface area (Å²) in [6.45, 7) is 1.21. The largest absolute Gasteiger partial charge is 0.418 e. The Morgan fingerprint density at radius 1 is 1.37 bits per heavy atom. The van der Waals surface area contributed by atoms with Gasteiger partial charge in [0.1, 0.15) is 0 Å². The molecule has 1 unspecified atom stereocenters. The van der Waals surface area contributed by atoms with Gasteiger partial charge in [0.2, 0.25) is 0 Å². The zero-order valence-electron chi connectivity index (χ0n) is 10.2. The number of halogens is 4. The maximum absolute atomic E-state index is 13.0. The molecule has 7 heteroatoms. The minimum atomic E-state index is -4.39. The molecule has 2 rings (SSSR count). The molecule has 0 bridgehead atoms. The number of hydrogen-bond acceptors (Lipinski definition) is 3. The summed E-state index contributed by atoms with van der Waals surface area (Å²) in [5.74, 6) is 0. The van der Waals surface area contributed by atoms with Gasteiger partial charge in [-0.15, -0.1) is 0 Å². The van der Waals surface area contributed by atoms with Gasteiger partial charge in [-0.1, -0.05) is 15.9 Å². The number of anilines is 1. The normalized spacial score (nSPS) is 23.6. The van der Waals surface area contributed by atoms with Crippen molar-refractivity contribution >= 4 is 21.6 Å². The third kappa shape index (κ3) is 3.40. The van der Waals surface area contributed by atoms with Gasteiger partial charge in [0.05, 0.1) is 17.7 Å². The summed E-state index contributed by atoms with van der Waals surface area (Å²) in [7, 11) is 1.55. The molecule has 1 aliphatic heterocycles. The predicted octanol–water partition coefficient (Wildman–Crippen LogP) is 2.87. The molecule has 1 saturated heterocycles. The quantitative estimate of drug-likeness (QED) is 0.889. The number of ether oxygens (including phenoxy) is 1. The summed E-state index contributed by atoms with van der Waals surface area (Å²) < 4.78 is 44.6. The molecule has 106 valence electrons. The number of nitrogens with one attached hydrogen (secondary N) is 2. The van der Waals surface area contributed by atoms with E-state index in [4.69, 9.17) is 4.74 Å². The number of methoxy groups -OCH3 is 1. The first-order chi connectivity index (χ1) is 8.91. The molecule has 1 heterocycles. The van der Waals surface area contributed by atoms with Crippen LogP contribution in [0.3, 0.4) is 0 Å². The van der Waals surface area contributed by atoms with Crippen LogP contribution < -0.4 is 10.6 Å². The summed E-state index contributed by atoms with van der Waals surface area (Å²) in [6.07, 6.45) is -4.52. The van der Waals surface area contributed by atoms with E-state index in [0.29, 0.717) is 17.6 Å². The fourth-order valence-corrected chi connectivity index (χ4v) is 2.48. The summed E-state index contributed by atoms with van der Waals surface area (Å²) >= 11 is 3.06. The Labute approximate surface area is 117 Å². The van der Waals surface area contributed by atoms with E-state index in [2.05, 4.69) is 26.6 Å². The molecule has 0 spiro atoms.